The third kappa shape index (κ3) is 4.28. The first-order valence-corrected chi connectivity index (χ1v) is 9.48. The van der Waals surface area contributed by atoms with Crippen molar-refractivity contribution in [3.8, 4) is 0 Å². The van der Waals surface area contributed by atoms with Gasteiger partial charge in [-0.25, -0.2) is 4.98 Å². The topological polar surface area (TPSA) is 101 Å². The molecule has 0 saturated heterocycles. The van der Waals surface area contributed by atoms with E-state index in [2.05, 4.69) is 15.3 Å². The first kappa shape index (κ1) is 19.1. The minimum Gasteiger partial charge on any atom is -0.366 e. The Morgan fingerprint density at radius 3 is 2.43 bits per heavy atom. The predicted octanol–water partition coefficient (Wildman–Crippen LogP) is 3.77. The molecule has 2 heterocycles. The molecule has 0 radical (unpaired) electrons. The Labute approximate surface area is 173 Å². The Morgan fingerprint density at radius 2 is 1.73 bits per heavy atom. The first-order valence-electron chi connectivity index (χ1n) is 9.48. The van der Waals surface area contributed by atoms with E-state index in [9.17, 15) is 9.59 Å². The molecule has 0 atom stereocenters. The van der Waals surface area contributed by atoms with Gasteiger partial charge in [0.05, 0.1) is 18.3 Å². The zero-order chi connectivity index (χ0) is 20.9. The number of hydrogen-bond acceptors (Lipinski definition) is 3. The number of H-pyrrole nitrogens is 1. The lowest BCUT2D eigenvalue weighted by molar-refractivity contribution is -0.115. The van der Waals surface area contributed by atoms with E-state index in [1.54, 1.807) is 18.5 Å². The second kappa shape index (κ2) is 8.45. The lowest BCUT2D eigenvalue weighted by Crippen LogP contribution is -2.14. The van der Waals surface area contributed by atoms with Gasteiger partial charge in [0.2, 0.25) is 11.8 Å². The maximum atomic E-state index is 12.4. The zero-order valence-corrected chi connectivity index (χ0v) is 16.1. The van der Waals surface area contributed by atoms with Gasteiger partial charge in [0, 0.05) is 22.7 Å². The number of nitrogens with one attached hydrogen (secondary N) is 2. The highest BCUT2D eigenvalue weighted by Gasteiger charge is 2.12. The molecule has 2 aromatic heterocycles. The van der Waals surface area contributed by atoms with Crippen LogP contribution in [-0.4, -0.2) is 21.8 Å². The number of amides is 2. The summed E-state index contributed by atoms with van der Waals surface area (Å²) in [5, 5.41) is 3.66. The molecule has 4 N–H and O–H groups in total. The molecule has 0 bridgehead atoms. The monoisotopic (exact) mass is 396 g/mol. The van der Waals surface area contributed by atoms with E-state index in [0.29, 0.717) is 16.9 Å². The molecule has 2 amide bonds. The molecule has 6 heteroatoms. The molecule has 0 unspecified atom stereocenters. The van der Waals surface area contributed by atoms with E-state index >= 15 is 0 Å². The van der Waals surface area contributed by atoms with Crippen molar-refractivity contribution in [3.63, 3.8) is 0 Å². The highest BCUT2D eigenvalue weighted by Crippen LogP contribution is 2.25. The minimum absolute atomic E-state index is 0.128. The van der Waals surface area contributed by atoms with Gasteiger partial charge in [-0.1, -0.05) is 60.7 Å². The quantitative estimate of drug-likeness (QED) is 0.433. The molecule has 2 aromatic carbocycles. The second-order valence-corrected chi connectivity index (χ2v) is 6.86. The maximum absolute atomic E-state index is 12.4. The number of carbonyl (C=O) groups excluding carboxylic acids is 2. The summed E-state index contributed by atoms with van der Waals surface area (Å²) in [4.78, 5) is 31.8. The van der Waals surface area contributed by atoms with E-state index in [1.165, 1.54) is 0 Å². The first-order chi connectivity index (χ1) is 14.6. The van der Waals surface area contributed by atoms with Crippen molar-refractivity contribution in [3.05, 3.63) is 95.8 Å². The maximum Gasteiger partial charge on any atom is 0.249 e. The smallest absolute Gasteiger partial charge is 0.249 e. The fraction of sp³-hybridized carbons (Fsp3) is 0.0417. The number of aromatic nitrogens is 2. The number of benzene rings is 2. The van der Waals surface area contributed by atoms with Gasteiger partial charge in [0.25, 0.3) is 0 Å². The summed E-state index contributed by atoms with van der Waals surface area (Å²) in [5.74, 6) is -0.645. The molecule has 30 heavy (non-hydrogen) atoms. The summed E-state index contributed by atoms with van der Waals surface area (Å²) >= 11 is 0. The number of nitrogens with zero attached hydrogens (tertiary/aromatic N) is 1. The van der Waals surface area contributed by atoms with E-state index in [1.807, 2.05) is 66.7 Å². The SMILES string of the molecule is NC(=O)/C(=C\c1c[nH]c2ncc(NC(=O)Cc3ccccc3)cc12)c1ccccc1. The molecular weight excluding hydrogens is 376 g/mol. The summed E-state index contributed by atoms with van der Waals surface area (Å²) in [5.41, 5.74) is 9.67. The fourth-order valence-corrected chi connectivity index (χ4v) is 3.27. The van der Waals surface area contributed by atoms with Crippen LogP contribution in [0.1, 0.15) is 16.7 Å². The Hall–Kier alpha value is -4.19. The summed E-state index contributed by atoms with van der Waals surface area (Å²) in [6, 6.07) is 20.6. The number of aromatic amines is 1. The number of carbonyl (C=O) groups is 2. The Kier molecular flexibility index (Phi) is 5.39. The van der Waals surface area contributed by atoms with Gasteiger partial charge in [0.1, 0.15) is 5.65 Å². The van der Waals surface area contributed by atoms with Crippen LogP contribution in [0.4, 0.5) is 5.69 Å². The highest BCUT2D eigenvalue weighted by atomic mass is 16.1. The third-order valence-electron chi connectivity index (χ3n) is 4.70. The van der Waals surface area contributed by atoms with Crippen molar-refractivity contribution in [2.45, 2.75) is 6.42 Å². The van der Waals surface area contributed by atoms with Crippen LogP contribution in [0.5, 0.6) is 0 Å². The summed E-state index contributed by atoms with van der Waals surface area (Å²) in [7, 11) is 0. The standard InChI is InChI=1S/C24H20N4O2/c25-23(30)20(17-9-5-2-6-10-17)12-18-14-26-24-21(18)13-19(15-27-24)28-22(29)11-16-7-3-1-4-8-16/h1-10,12-15H,11H2,(H2,25,30)(H,26,27)(H,28,29)/b20-12-. The van der Waals surface area contributed by atoms with Gasteiger partial charge >= 0.3 is 0 Å². The Morgan fingerprint density at radius 1 is 1.03 bits per heavy atom. The van der Waals surface area contributed by atoms with Crippen LogP contribution < -0.4 is 11.1 Å². The highest BCUT2D eigenvalue weighted by molar-refractivity contribution is 6.24. The van der Waals surface area contributed by atoms with Crippen LogP contribution in [0.2, 0.25) is 0 Å². The van der Waals surface area contributed by atoms with Crippen LogP contribution in [0, 0.1) is 0 Å². The third-order valence-corrected chi connectivity index (χ3v) is 4.70. The van der Waals surface area contributed by atoms with Crippen LogP contribution >= 0.6 is 0 Å². The van der Waals surface area contributed by atoms with Crippen LogP contribution in [-0.2, 0) is 16.0 Å². The average Bonchev–Trinajstić information content (AvgIpc) is 3.15. The van der Waals surface area contributed by atoms with Crippen molar-refractivity contribution < 1.29 is 9.59 Å². The molecule has 0 aliphatic rings. The number of hydrogen-bond donors (Lipinski definition) is 3. The predicted molar refractivity (Wildman–Crippen MR) is 118 cm³/mol. The van der Waals surface area contributed by atoms with Gasteiger partial charge in [0.15, 0.2) is 0 Å². The van der Waals surface area contributed by atoms with E-state index in [4.69, 9.17) is 5.73 Å². The number of primary amides is 1. The van der Waals surface area contributed by atoms with Crippen molar-refractivity contribution in [2.75, 3.05) is 5.32 Å². The second-order valence-electron chi connectivity index (χ2n) is 6.86. The van der Waals surface area contributed by atoms with Gasteiger partial charge in [-0.05, 0) is 23.3 Å². The number of rotatable bonds is 6. The molecular formula is C24H20N4O2. The normalized spacial score (nSPS) is 11.4. The van der Waals surface area contributed by atoms with Crippen molar-refractivity contribution >= 4 is 40.2 Å². The van der Waals surface area contributed by atoms with Gasteiger partial charge in [-0.3, -0.25) is 9.59 Å². The average molecular weight is 396 g/mol. The Balaban J connectivity index is 1.63. The van der Waals surface area contributed by atoms with Crippen LogP contribution in [0.25, 0.3) is 22.7 Å². The number of anilines is 1. The summed E-state index contributed by atoms with van der Waals surface area (Å²) < 4.78 is 0. The fourth-order valence-electron chi connectivity index (χ4n) is 3.27. The molecule has 4 rings (SSSR count). The molecule has 6 nitrogen and oxygen atoms in total. The van der Waals surface area contributed by atoms with Gasteiger partial charge in [-0.2, -0.15) is 0 Å². The molecule has 0 spiro atoms. The van der Waals surface area contributed by atoms with Gasteiger partial charge < -0.3 is 16.0 Å². The van der Waals surface area contributed by atoms with Crippen LogP contribution in [0.15, 0.2) is 79.1 Å². The van der Waals surface area contributed by atoms with E-state index in [0.717, 1.165) is 22.1 Å². The van der Waals surface area contributed by atoms with Gasteiger partial charge in [-0.15, -0.1) is 0 Å². The van der Waals surface area contributed by atoms with Crippen molar-refractivity contribution in [1.82, 2.24) is 9.97 Å². The molecule has 0 aliphatic heterocycles. The number of fused-ring (bicyclic) bond motifs is 1. The molecule has 0 aliphatic carbocycles. The van der Waals surface area contributed by atoms with E-state index in [-0.39, 0.29) is 12.3 Å². The largest absolute Gasteiger partial charge is 0.366 e. The van der Waals surface area contributed by atoms with E-state index < -0.39 is 5.91 Å². The van der Waals surface area contributed by atoms with Crippen molar-refractivity contribution in [2.24, 2.45) is 5.73 Å². The summed E-state index contributed by atoms with van der Waals surface area (Å²) in [6.45, 7) is 0. The number of nitrogens with two attached hydrogens (primary N) is 1. The Bertz CT molecular complexity index is 1230. The summed E-state index contributed by atoms with van der Waals surface area (Å²) in [6.07, 6.45) is 5.37. The number of pyridine rings is 1. The lowest BCUT2D eigenvalue weighted by atomic mass is 10.0. The molecule has 148 valence electrons. The molecule has 0 fully saturated rings. The van der Waals surface area contributed by atoms with Crippen LogP contribution in [0.3, 0.4) is 0 Å². The zero-order valence-electron chi connectivity index (χ0n) is 16.1. The molecule has 4 aromatic rings. The molecule has 0 saturated carbocycles. The minimum atomic E-state index is -0.518. The lowest BCUT2D eigenvalue weighted by Gasteiger charge is -2.06. The van der Waals surface area contributed by atoms with Crippen molar-refractivity contribution in [1.29, 1.82) is 0 Å².